The Morgan fingerprint density at radius 2 is 2.12 bits per heavy atom. The van der Waals surface area contributed by atoms with E-state index in [1.165, 1.54) is 24.8 Å². The van der Waals surface area contributed by atoms with Gasteiger partial charge in [0.1, 0.15) is 5.75 Å². The maximum atomic E-state index is 10.3. The molecule has 92 valence electrons. The Hall–Kier alpha value is -1.02. The van der Waals surface area contributed by atoms with Gasteiger partial charge in [0.05, 0.1) is 12.7 Å². The highest BCUT2D eigenvalue weighted by atomic mass is 16.5. The van der Waals surface area contributed by atoms with Crippen molar-refractivity contribution in [3.8, 4) is 5.75 Å². The number of ether oxygens (including phenoxy) is 1. The number of fused-ring (bicyclic) bond motifs is 1. The molecule has 1 fully saturated rings. The average molecular weight is 232 g/mol. The monoisotopic (exact) mass is 232 g/mol. The Morgan fingerprint density at radius 1 is 1.29 bits per heavy atom. The van der Waals surface area contributed by atoms with Crippen LogP contribution >= 0.6 is 0 Å². The van der Waals surface area contributed by atoms with E-state index in [0.717, 1.165) is 24.5 Å². The minimum Gasteiger partial charge on any atom is -0.493 e. The first kappa shape index (κ1) is 11.1. The molecular weight excluding hydrogens is 212 g/mol. The fourth-order valence-electron chi connectivity index (χ4n) is 2.86. The summed E-state index contributed by atoms with van der Waals surface area (Å²) in [7, 11) is 0. The van der Waals surface area contributed by atoms with Crippen LogP contribution in [0.25, 0.3) is 0 Å². The molecule has 1 aromatic carbocycles. The van der Waals surface area contributed by atoms with Crippen molar-refractivity contribution in [1.29, 1.82) is 0 Å². The number of rotatable bonds is 3. The van der Waals surface area contributed by atoms with Gasteiger partial charge in [0, 0.05) is 5.92 Å². The predicted octanol–water partition coefficient (Wildman–Crippen LogP) is 2.79. The van der Waals surface area contributed by atoms with Gasteiger partial charge in [-0.25, -0.2) is 0 Å². The van der Waals surface area contributed by atoms with Gasteiger partial charge in [-0.05, 0) is 30.4 Å². The van der Waals surface area contributed by atoms with E-state index in [-0.39, 0.29) is 12.0 Å². The van der Waals surface area contributed by atoms with Gasteiger partial charge in [-0.3, -0.25) is 0 Å². The zero-order chi connectivity index (χ0) is 11.7. The maximum Gasteiger partial charge on any atom is 0.122 e. The second-order valence-electron chi connectivity index (χ2n) is 5.48. The van der Waals surface area contributed by atoms with Gasteiger partial charge in [0.2, 0.25) is 0 Å². The van der Waals surface area contributed by atoms with Gasteiger partial charge in [-0.1, -0.05) is 37.5 Å². The molecule has 1 saturated carbocycles. The van der Waals surface area contributed by atoms with Crippen molar-refractivity contribution in [1.82, 2.24) is 0 Å². The molecule has 2 heteroatoms. The van der Waals surface area contributed by atoms with Crippen LogP contribution in [0.5, 0.6) is 5.75 Å². The van der Waals surface area contributed by atoms with Crippen LogP contribution in [0.3, 0.4) is 0 Å². The van der Waals surface area contributed by atoms with Crippen molar-refractivity contribution >= 4 is 0 Å². The van der Waals surface area contributed by atoms with Crippen LogP contribution in [0.1, 0.15) is 31.2 Å². The SMILES string of the molecule is OC(CC1CCC1)C1COc2ccccc2C1. The molecular formula is C15H20O2. The van der Waals surface area contributed by atoms with E-state index < -0.39 is 0 Å². The zero-order valence-electron chi connectivity index (χ0n) is 10.1. The van der Waals surface area contributed by atoms with E-state index >= 15 is 0 Å². The van der Waals surface area contributed by atoms with Gasteiger partial charge >= 0.3 is 0 Å². The minimum atomic E-state index is -0.186. The zero-order valence-corrected chi connectivity index (χ0v) is 10.1. The van der Waals surface area contributed by atoms with Crippen LogP contribution < -0.4 is 4.74 Å². The third kappa shape index (κ3) is 2.32. The molecule has 1 aliphatic carbocycles. The molecule has 17 heavy (non-hydrogen) atoms. The number of hydrogen-bond acceptors (Lipinski definition) is 2. The van der Waals surface area contributed by atoms with Crippen molar-refractivity contribution in [2.24, 2.45) is 11.8 Å². The summed E-state index contributed by atoms with van der Waals surface area (Å²) < 4.78 is 5.73. The van der Waals surface area contributed by atoms with Gasteiger partial charge in [0.25, 0.3) is 0 Å². The Kier molecular flexibility index (Phi) is 3.06. The first-order chi connectivity index (χ1) is 8.33. The van der Waals surface area contributed by atoms with E-state index in [0.29, 0.717) is 6.61 Å². The van der Waals surface area contributed by atoms with E-state index in [9.17, 15) is 5.11 Å². The van der Waals surface area contributed by atoms with E-state index in [1.807, 2.05) is 18.2 Å². The molecule has 2 atom stereocenters. The van der Waals surface area contributed by atoms with Crippen molar-refractivity contribution in [2.75, 3.05) is 6.61 Å². The summed E-state index contributed by atoms with van der Waals surface area (Å²) in [6, 6.07) is 8.17. The van der Waals surface area contributed by atoms with Crippen molar-refractivity contribution < 1.29 is 9.84 Å². The summed E-state index contributed by atoms with van der Waals surface area (Å²) in [5.74, 6) is 2.05. The fourth-order valence-corrected chi connectivity index (χ4v) is 2.86. The summed E-state index contributed by atoms with van der Waals surface area (Å²) >= 11 is 0. The third-order valence-electron chi connectivity index (χ3n) is 4.25. The molecule has 1 aromatic rings. The fraction of sp³-hybridized carbons (Fsp3) is 0.600. The van der Waals surface area contributed by atoms with Gasteiger partial charge in [-0.2, -0.15) is 0 Å². The standard InChI is InChI=1S/C15H20O2/c16-14(8-11-4-3-5-11)13-9-12-6-1-2-7-15(12)17-10-13/h1-2,6-7,11,13-14,16H,3-5,8-10H2. The Morgan fingerprint density at radius 3 is 2.88 bits per heavy atom. The van der Waals surface area contributed by atoms with Crippen LogP contribution in [0.15, 0.2) is 24.3 Å². The molecule has 2 nitrogen and oxygen atoms in total. The first-order valence-electron chi connectivity index (χ1n) is 6.71. The maximum absolute atomic E-state index is 10.3. The topological polar surface area (TPSA) is 29.5 Å². The molecule has 0 aromatic heterocycles. The van der Waals surface area contributed by atoms with Crippen LogP contribution in [-0.4, -0.2) is 17.8 Å². The number of hydrogen-bond donors (Lipinski definition) is 1. The molecule has 0 spiro atoms. The lowest BCUT2D eigenvalue weighted by Crippen LogP contribution is -2.34. The molecule has 0 saturated heterocycles. The average Bonchev–Trinajstić information content (AvgIpc) is 2.33. The van der Waals surface area contributed by atoms with Gasteiger partial charge in [-0.15, -0.1) is 0 Å². The number of aliphatic hydroxyl groups is 1. The molecule has 3 rings (SSSR count). The van der Waals surface area contributed by atoms with Crippen LogP contribution in [0.4, 0.5) is 0 Å². The first-order valence-corrected chi connectivity index (χ1v) is 6.71. The molecule has 2 unspecified atom stereocenters. The lowest BCUT2D eigenvalue weighted by molar-refractivity contribution is 0.0356. The third-order valence-corrected chi connectivity index (χ3v) is 4.25. The number of benzene rings is 1. The van der Waals surface area contributed by atoms with E-state index in [2.05, 4.69) is 6.07 Å². The van der Waals surface area contributed by atoms with Crippen molar-refractivity contribution in [3.05, 3.63) is 29.8 Å². The van der Waals surface area contributed by atoms with Crippen LogP contribution in [-0.2, 0) is 6.42 Å². The predicted molar refractivity (Wildman–Crippen MR) is 67.1 cm³/mol. The highest BCUT2D eigenvalue weighted by Crippen LogP contribution is 2.34. The summed E-state index contributed by atoms with van der Waals surface area (Å²) in [5, 5.41) is 10.3. The smallest absolute Gasteiger partial charge is 0.122 e. The van der Waals surface area contributed by atoms with E-state index in [4.69, 9.17) is 4.74 Å². The quantitative estimate of drug-likeness (QED) is 0.868. The Balaban J connectivity index is 1.62. The van der Waals surface area contributed by atoms with Gasteiger partial charge < -0.3 is 9.84 Å². The van der Waals surface area contributed by atoms with Crippen LogP contribution in [0.2, 0.25) is 0 Å². The van der Waals surface area contributed by atoms with Gasteiger partial charge in [0.15, 0.2) is 0 Å². The number of aliphatic hydroxyl groups excluding tert-OH is 1. The normalized spacial score (nSPS) is 25.6. The lowest BCUT2D eigenvalue weighted by atomic mass is 9.78. The second kappa shape index (κ2) is 4.69. The molecule has 2 aliphatic rings. The summed E-state index contributed by atoms with van der Waals surface area (Å²) in [6.07, 6.45) is 5.71. The van der Waals surface area contributed by atoms with Crippen molar-refractivity contribution in [3.63, 3.8) is 0 Å². The lowest BCUT2D eigenvalue weighted by Gasteiger charge is -2.33. The molecule has 1 heterocycles. The summed E-state index contributed by atoms with van der Waals surface area (Å²) in [6.45, 7) is 0.672. The van der Waals surface area contributed by atoms with Crippen LogP contribution in [0, 0.1) is 11.8 Å². The molecule has 1 N–H and O–H groups in total. The molecule has 0 amide bonds. The van der Waals surface area contributed by atoms with Crippen molar-refractivity contribution in [2.45, 2.75) is 38.2 Å². The molecule has 0 radical (unpaired) electrons. The molecule has 0 bridgehead atoms. The summed E-state index contributed by atoms with van der Waals surface area (Å²) in [5.41, 5.74) is 1.25. The number of para-hydroxylation sites is 1. The highest BCUT2D eigenvalue weighted by molar-refractivity contribution is 5.35. The highest BCUT2D eigenvalue weighted by Gasteiger charge is 2.29. The molecule has 1 aliphatic heterocycles. The Labute approximate surface area is 103 Å². The largest absolute Gasteiger partial charge is 0.493 e. The second-order valence-corrected chi connectivity index (χ2v) is 5.48. The van der Waals surface area contributed by atoms with E-state index in [1.54, 1.807) is 0 Å². The minimum absolute atomic E-state index is 0.186. The Bertz CT molecular complexity index is 384. The summed E-state index contributed by atoms with van der Waals surface area (Å²) in [4.78, 5) is 0.